The van der Waals surface area contributed by atoms with Crippen molar-refractivity contribution in [1.29, 1.82) is 0 Å². The number of hydrogen-bond donors (Lipinski definition) is 0. The zero-order chi connectivity index (χ0) is 15.5. The van der Waals surface area contributed by atoms with Crippen LogP contribution in [-0.4, -0.2) is 17.4 Å². The van der Waals surface area contributed by atoms with Gasteiger partial charge in [-0.05, 0) is 42.2 Å². The molecule has 1 aliphatic rings. The molecule has 0 aromatic heterocycles. The summed E-state index contributed by atoms with van der Waals surface area (Å²) in [5.74, 6) is -0.222. The van der Waals surface area contributed by atoms with Crippen LogP contribution in [0.4, 0.5) is 4.39 Å². The van der Waals surface area contributed by atoms with Gasteiger partial charge in [0, 0.05) is 11.6 Å². The van der Waals surface area contributed by atoms with E-state index in [9.17, 15) is 9.18 Å². The third kappa shape index (κ3) is 3.14. The molecular formula is C18H17ClFNO. The fraction of sp³-hybridized carbons (Fsp3) is 0.278. The third-order valence-corrected chi connectivity index (χ3v) is 4.45. The second-order valence-corrected chi connectivity index (χ2v) is 5.98. The van der Waals surface area contributed by atoms with Crippen LogP contribution >= 0.6 is 11.6 Å². The molecule has 0 spiro atoms. The number of nitrogens with zero attached hydrogens (tertiary/aromatic N) is 1. The van der Waals surface area contributed by atoms with E-state index in [2.05, 4.69) is 0 Å². The normalized spacial score (nSPS) is 17.7. The van der Waals surface area contributed by atoms with Gasteiger partial charge in [-0.15, -0.1) is 0 Å². The molecule has 1 amide bonds. The lowest BCUT2D eigenvalue weighted by atomic mass is 10.0. The summed E-state index contributed by atoms with van der Waals surface area (Å²) in [4.78, 5) is 14.5. The predicted octanol–water partition coefficient (Wildman–Crippen LogP) is 4.39. The zero-order valence-corrected chi connectivity index (χ0v) is 12.9. The van der Waals surface area contributed by atoms with E-state index in [1.807, 2.05) is 29.2 Å². The van der Waals surface area contributed by atoms with Crippen LogP contribution in [0.5, 0.6) is 0 Å². The van der Waals surface area contributed by atoms with Gasteiger partial charge in [0.2, 0.25) is 5.91 Å². The van der Waals surface area contributed by atoms with Gasteiger partial charge >= 0.3 is 0 Å². The highest BCUT2D eigenvalue weighted by Gasteiger charge is 2.30. The van der Waals surface area contributed by atoms with Gasteiger partial charge in [-0.3, -0.25) is 4.79 Å². The van der Waals surface area contributed by atoms with E-state index in [1.165, 1.54) is 12.1 Å². The Morgan fingerprint density at radius 1 is 1.18 bits per heavy atom. The van der Waals surface area contributed by atoms with E-state index in [1.54, 1.807) is 12.1 Å². The van der Waals surface area contributed by atoms with Crippen LogP contribution in [0.15, 0.2) is 48.5 Å². The Balaban J connectivity index is 1.76. The highest BCUT2D eigenvalue weighted by Crippen LogP contribution is 2.35. The lowest BCUT2D eigenvalue weighted by Gasteiger charge is -2.26. The number of amides is 1. The van der Waals surface area contributed by atoms with Crippen molar-refractivity contribution in [3.63, 3.8) is 0 Å². The van der Waals surface area contributed by atoms with Gasteiger partial charge in [0.05, 0.1) is 12.5 Å². The molecule has 114 valence electrons. The van der Waals surface area contributed by atoms with Gasteiger partial charge in [0.15, 0.2) is 0 Å². The summed E-state index contributed by atoms with van der Waals surface area (Å²) in [6.07, 6.45) is 2.20. The fourth-order valence-electron chi connectivity index (χ4n) is 3.01. The fourth-order valence-corrected chi connectivity index (χ4v) is 3.27. The Kier molecular flexibility index (Phi) is 4.44. The molecule has 0 unspecified atom stereocenters. The van der Waals surface area contributed by atoms with E-state index in [-0.39, 0.29) is 17.8 Å². The monoisotopic (exact) mass is 317 g/mol. The molecular weight excluding hydrogens is 301 g/mol. The lowest BCUT2D eigenvalue weighted by molar-refractivity contribution is -0.131. The van der Waals surface area contributed by atoms with Gasteiger partial charge in [-0.25, -0.2) is 4.39 Å². The topological polar surface area (TPSA) is 20.3 Å². The Bertz CT molecular complexity index is 671. The van der Waals surface area contributed by atoms with Gasteiger partial charge in [-0.2, -0.15) is 0 Å². The molecule has 4 heteroatoms. The van der Waals surface area contributed by atoms with E-state index in [4.69, 9.17) is 11.6 Å². The number of hydrogen-bond acceptors (Lipinski definition) is 1. The molecule has 2 aromatic carbocycles. The zero-order valence-electron chi connectivity index (χ0n) is 12.1. The molecule has 1 fully saturated rings. The van der Waals surface area contributed by atoms with E-state index in [0.717, 1.165) is 30.5 Å². The first-order valence-corrected chi connectivity index (χ1v) is 7.81. The second-order valence-electron chi connectivity index (χ2n) is 5.57. The van der Waals surface area contributed by atoms with Crippen LogP contribution in [0, 0.1) is 5.82 Å². The largest absolute Gasteiger partial charge is 0.335 e. The molecule has 0 aliphatic carbocycles. The molecule has 1 saturated heterocycles. The minimum Gasteiger partial charge on any atom is -0.335 e. The highest BCUT2D eigenvalue weighted by atomic mass is 35.5. The van der Waals surface area contributed by atoms with Crippen molar-refractivity contribution in [2.75, 3.05) is 6.54 Å². The maximum Gasteiger partial charge on any atom is 0.227 e. The quantitative estimate of drug-likeness (QED) is 0.822. The Hall–Kier alpha value is -1.87. The van der Waals surface area contributed by atoms with Gasteiger partial charge in [0.1, 0.15) is 5.82 Å². The lowest BCUT2D eigenvalue weighted by Crippen LogP contribution is -2.32. The van der Waals surface area contributed by atoms with Crippen molar-refractivity contribution in [1.82, 2.24) is 4.90 Å². The predicted molar refractivity (Wildman–Crippen MR) is 85.2 cm³/mol. The molecule has 0 N–H and O–H groups in total. The molecule has 2 aromatic rings. The molecule has 0 radical (unpaired) electrons. The highest BCUT2D eigenvalue weighted by molar-refractivity contribution is 6.31. The van der Waals surface area contributed by atoms with E-state index in [0.29, 0.717) is 11.4 Å². The molecule has 2 nitrogen and oxygen atoms in total. The summed E-state index contributed by atoms with van der Waals surface area (Å²) in [6.45, 7) is 0.746. The molecule has 0 saturated carbocycles. The minimum atomic E-state index is -0.286. The standard InChI is InChI=1S/C18H17ClFNO/c19-16-5-2-1-4-15(16)17-6-3-11-21(17)18(22)12-13-7-9-14(20)10-8-13/h1-2,4-5,7-10,17H,3,6,11-12H2/t17-/m0/s1. The van der Waals surface area contributed by atoms with E-state index >= 15 is 0 Å². The van der Waals surface area contributed by atoms with Crippen molar-refractivity contribution in [3.05, 3.63) is 70.5 Å². The summed E-state index contributed by atoms with van der Waals surface area (Å²) in [6, 6.07) is 13.8. The average Bonchev–Trinajstić information content (AvgIpc) is 2.99. The smallest absolute Gasteiger partial charge is 0.227 e. The molecule has 22 heavy (non-hydrogen) atoms. The summed E-state index contributed by atoms with van der Waals surface area (Å²) < 4.78 is 12.9. The van der Waals surface area contributed by atoms with Crippen molar-refractivity contribution in [2.24, 2.45) is 0 Å². The maximum atomic E-state index is 12.9. The van der Waals surface area contributed by atoms with Crippen molar-refractivity contribution in [3.8, 4) is 0 Å². The average molecular weight is 318 g/mol. The number of likely N-dealkylation sites (tertiary alicyclic amines) is 1. The van der Waals surface area contributed by atoms with Crippen LogP contribution in [0.1, 0.15) is 30.0 Å². The van der Waals surface area contributed by atoms with Crippen molar-refractivity contribution >= 4 is 17.5 Å². The Morgan fingerprint density at radius 2 is 1.91 bits per heavy atom. The SMILES string of the molecule is O=C(Cc1ccc(F)cc1)N1CCC[C@H]1c1ccccc1Cl. The summed E-state index contributed by atoms with van der Waals surface area (Å²) in [5, 5.41) is 0.703. The number of rotatable bonds is 3. The van der Waals surface area contributed by atoms with Crippen LogP contribution < -0.4 is 0 Å². The summed E-state index contributed by atoms with van der Waals surface area (Å²) in [7, 11) is 0. The van der Waals surface area contributed by atoms with Crippen LogP contribution in [0.2, 0.25) is 5.02 Å². The second kappa shape index (κ2) is 6.49. The van der Waals surface area contributed by atoms with Crippen LogP contribution in [0.3, 0.4) is 0 Å². The maximum absolute atomic E-state index is 12.9. The van der Waals surface area contributed by atoms with Crippen molar-refractivity contribution in [2.45, 2.75) is 25.3 Å². The first-order chi connectivity index (χ1) is 10.6. The van der Waals surface area contributed by atoms with Crippen LogP contribution in [-0.2, 0) is 11.2 Å². The van der Waals surface area contributed by atoms with Crippen molar-refractivity contribution < 1.29 is 9.18 Å². The number of halogens is 2. The minimum absolute atomic E-state index is 0.0432. The number of carbonyl (C=O) groups excluding carboxylic acids is 1. The van der Waals surface area contributed by atoms with E-state index < -0.39 is 0 Å². The van der Waals surface area contributed by atoms with Crippen LogP contribution in [0.25, 0.3) is 0 Å². The molecule has 3 rings (SSSR count). The Morgan fingerprint density at radius 3 is 2.64 bits per heavy atom. The molecule has 1 aliphatic heterocycles. The summed E-state index contributed by atoms with van der Waals surface area (Å²) >= 11 is 6.27. The molecule has 0 bridgehead atoms. The molecule has 1 atom stereocenters. The molecule has 1 heterocycles. The number of benzene rings is 2. The third-order valence-electron chi connectivity index (χ3n) is 4.11. The number of carbonyl (C=O) groups is 1. The summed E-state index contributed by atoms with van der Waals surface area (Å²) in [5.41, 5.74) is 1.84. The Labute approximate surface area is 134 Å². The van der Waals surface area contributed by atoms with Gasteiger partial charge in [-0.1, -0.05) is 41.9 Å². The van der Waals surface area contributed by atoms with Gasteiger partial charge in [0.25, 0.3) is 0 Å². The van der Waals surface area contributed by atoms with Gasteiger partial charge < -0.3 is 4.90 Å². The first kappa shape index (κ1) is 15.0. The first-order valence-electron chi connectivity index (χ1n) is 7.43.